The van der Waals surface area contributed by atoms with Crippen molar-refractivity contribution in [1.82, 2.24) is 0 Å². The number of nitrogens with zero attached hydrogens (tertiary/aromatic N) is 1. The van der Waals surface area contributed by atoms with Crippen molar-refractivity contribution in [2.24, 2.45) is 0 Å². The van der Waals surface area contributed by atoms with Crippen molar-refractivity contribution in [1.29, 1.82) is 0 Å². The first-order valence-corrected chi connectivity index (χ1v) is 11.0. The standard InChI is InChI=1S/C26H21Cl2NO4/c1-14-11-18(25(33-3)19(28)12-14)23(30)21-22(16-7-5-4-6-8-16)29(26(32)24(21)31)20-13-17(27)10-9-15(20)2/h4-13,22,30H,1-3H3/b23-21+. The molecule has 33 heavy (non-hydrogen) atoms. The number of hydrogen-bond donors (Lipinski definition) is 1. The number of benzene rings is 3. The summed E-state index contributed by atoms with van der Waals surface area (Å²) in [6, 6.07) is 16.7. The largest absolute Gasteiger partial charge is 0.507 e. The van der Waals surface area contributed by atoms with Crippen LogP contribution in [0, 0.1) is 13.8 Å². The second-order valence-corrected chi connectivity index (χ2v) is 8.68. The van der Waals surface area contributed by atoms with Gasteiger partial charge in [-0.3, -0.25) is 14.5 Å². The van der Waals surface area contributed by atoms with E-state index in [9.17, 15) is 14.7 Å². The van der Waals surface area contributed by atoms with E-state index in [0.29, 0.717) is 16.3 Å². The van der Waals surface area contributed by atoms with Gasteiger partial charge in [0.05, 0.1) is 29.3 Å². The van der Waals surface area contributed by atoms with Gasteiger partial charge in [0.25, 0.3) is 11.7 Å². The van der Waals surface area contributed by atoms with E-state index in [0.717, 1.165) is 11.1 Å². The van der Waals surface area contributed by atoms with Gasteiger partial charge in [-0.05, 0) is 54.8 Å². The van der Waals surface area contributed by atoms with E-state index >= 15 is 0 Å². The highest BCUT2D eigenvalue weighted by atomic mass is 35.5. The number of carbonyl (C=O) groups excluding carboxylic acids is 2. The molecule has 0 aromatic heterocycles. The van der Waals surface area contributed by atoms with Crippen molar-refractivity contribution < 1.29 is 19.4 Å². The number of aryl methyl sites for hydroxylation is 2. The summed E-state index contributed by atoms with van der Waals surface area (Å²) in [6.45, 7) is 3.64. The van der Waals surface area contributed by atoms with Gasteiger partial charge in [-0.1, -0.05) is 59.6 Å². The number of aliphatic hydroxyl groups excluding tert-OH is 1. The summed E-state index contributed by atoms with van der Waals surface area (Å²) < 4.78 is 5.41. The molecular weight excluding hydrogens is 461 g/mol. The van der Waals surface area contributed by atoms with Crippen LogP contribution < -0.4 is 9.64 Å². The minimum Gasteiger partial charge on any atom is -0.507 e. The fraction of sp³-hybridized carbons (Fsp3) is 0.154. The predicted molar refractivity (Wildman–Crippen MR) is 130 cm³/mol. The SMILES string of the molecule is COc1c(Cl)cc(C)cc1/C(O)=C1\C(=O)C(=O)N(c2cc(Cl)ccc2C)C1c1ccccc1. The highest BCUT2D eigenvalue weighted by Gasteiger charge is 2.47. The highest BCUT2D eigenvalue weighted by molar-refractivity contribution is 6.52. The smallest absolute Gasteiger partial charge is 0.300 e. The minimum atomic E-state index is -0.868. The number of hydrogen-bond acceptors (Lipinski definition) is 4. The van der Waals surface area contributed by atoms with Gasteiger partial charge in [-0.15, -0.1) is 0 Å². The number of anilines is 1. The van der Waals surface area contributed by atoms with Crippen molar-refractivity contribution in [3.05, 3.63) is 98.5 Å². The van der Waals surface area contributed by atoms with E-state index in [-0.39, 0.29) is 27.7 Å². The summed E-state index contributed by atoms with van der Waals surface area (Å²) in [6.07, 6.45) is 0. The lowest BCUT2D eigenvalue weighted by Gasteiger charge is -2.27. The summed E-state index contributed by atoms with van der Waals surface area (Å²) in [5, 5.41) is 12.1. The van der Waals surface area contributed by atoms with Gasteiger partial charge in [0.2, 0.25) is 0 Å². The Morgan fingerprint density at radius 1 is 1.00 bits per heavy atom. The van der Waals surface area contributed by atoms with Crippen molar-refractivity contribution in [3.8, 4) is 5.75 Å². The quantitative estimate of drug-likeness (QED) is 0.271. The van der Waals surface area contributed by atoms with Gasteiger partial charge >= 0.3 is 0 Å². The van der Waals surface area contributed by atoms with Gasteiger partial charge in [-0.25, -0.2) is 0 Å². The Kier molecular flexibility index (Phi) is 6.19. The Hall–Kier alpha value is -3.28. The molecule has 0 spiro atoms. The summed E-state index contributed by atoms with van der Waals surface area (Å²) in [7, 11) is 1.43. The Morgan fingerprint density at radius 3 is 2.36 bits per heavy atom. The minimum absolute atomic E-state index is 0.0504. The Balaban J connectivity index is 2.03. The molecule has 0 aliphatic carbocycles. The molecule has 1 unspecified atom stereocenters. The number of Topliss-reactive ketones (excluding diaryl/α,β-unsaturated/α-hetero) is 1. The lowest BCUT2D eigenvalue weighted by molar-refractivity contribution is -0.132. The maximum Gasteiger partial charge on any atom is 0.300 e. The van der Waals surface area contributed by atoms with Crippen LogP contribution in [0.1, 0.15) is 28.3 Å². The third kappa shape index (κ3) is 3.99. The first-order valence-electron chi connectivity index (χ1n) is 10.2. The molecule has 1 heterocycles. The van der Waals surface area contributed by atoms with Crippen molar-refractivity contribution in [2.45, 2.75) is 19.9 Å². The number of methoxy groups -OCH3 is 1. The lowest BCUT2D eigenvalue weighted by Crippen LogP contribution is -2.30. The van der Waals surface area contributed by atoms with Crippen LogP contribution >= 0.6 is 23.2 Å². The first kappa shape index (κ1) is 22.9. The van der Waals surface area contributed by atoms with Crippen LogP contribution in [0.3, 0.4) is 0 Å². The molecule has 5 nitrogen and oxygen atoms in total. The van der Waals surface area contributed by atoms with Crippen molar-refractivity contribution in [2.75, 3.05) is 12.0 Å². The van der Waals surface area contributed by atoms with Gasteiger partial charge in [0.1, 0.15) is 11.5 Å². The van der Waals surface area contributed by atoms with Crippen LogP contribution in [0.15, 0.2) is 66.2 Å². The van der Waals surface area contributed by atoms with E-state index in [2.05, 4.69) is 0 Å². The number of ketones is 1. The Bertz CT molecular complexity index is 1300. The van der Waals surface area contributed by atoms with Gasteiger partial charge in [0.15, 0.2) is 0 Å². The molecule has 1 aliphatic heterocycles. The molecule has 1 amide bonds. The molecule has 0 saturated carbocycles. The maximum absolute atomic E-state index is 13.3. The number of rotatable bonds is 4. The molecule has 1 N–H and O–H groups in total. The molecular formula is C26H21Cl2NO4. The van der Waals surface area contributed by atoms with Gasteiger partial charge in [0, 0.05) is 10.7 Å². The number of ether oxygens (including phenoxy) is 1. The maximum atomic E-state index is 13.3. The van der Waals surface area contributed by atoms with Crippen LogP contribution in [0.2, 0.25) is 10.0 Å². The average molecular weight is 482 g/mol. The zero-order valence-corrected chi connectivity index (χ0v) is 19.7. The van der Waals surface area contributed by atoms with Crippen LogP contribution in [0.25, 0.3) is 5.76 Å². The number of carbonyl (C=O) groups is 2. The summed E-state index contributed by atoms with van der Waals surface area (Å²) in [5.41, 5.74) is 2.87. The molecule has 3 aromatic carbocycles. The third-order valence-corrected chi connectivity index (χ3v) is 6.15. The average Bonchev–Trinajstić information content (AvgIpc) is 3.05. The van der Waals surface area contributed by atoms with Crippen LogP contribution in [-0.4, -0.2) is 23.9 Å². The van der Waals surface area contributed by atoms with E-state index < -0.39 is 17.7 Å². The van der Waals surface area contributed by atoms with E-state index in [4.69, 9.17) is 27.9 Å². The molecule has 1 saturated heterocycles. The number of halogens is 2. The molecule has 3 aromatic rings. The zero-order chi connectivity index (χ0) is 23.9. The van der Waals surface area contributed by atoms with Gasteiger partial charge < -0.3 is 9.84 Å². The number of amides is 1. The molecule has 1 atom stereocenters. The normalized spacial score (nSPS) is 17.5. The molecule has 1 aliphatic rings. The summed E-state index contributed by atoms with van der Waals surface area (Å²) in [5.74, 6) is -1.70. The fourth-order valence-corrected chi connectivity index (χ4v) is 4.65. The summed E-state index contributed by atoms with van der Waals surface area (Å²) in [4.78, 5) is 28.0. The zero-order valence-electron chi connectivity index (χ0n) is 18.2. The fourth-order valence-electron chi connectivity index (χ4n) is 4.13. The third-order valence-electron chi connectivity index (χ3n) is 5.64. The first-order chi connectivity index (χ1) is 15.7. The Labute approximate surface area is 201 Å². The van der Waals surface area contributed by atoms with Crippen LogP contribution in [0.5, 0.6) is 5.75 Å². The topological polar surface area (TPSA) is 66.8 Å². The van der Waals surface area contributed by atoms with E-state index in [1.54, 1.807) is 42.5 Å². The lowest BCUT2D eigenvalue weighted by atomic mass is 9.94. The highest BCUT2D eigenvalue weighted by Crippen LogP contribution is 2.45. The molecule has 0 bridgehead atoms. The second-order valence-electron chi connectivity index (χ2n) is 7.84. The molecule has 1 fully saturated rings. The molecule has 0 radical (unpaired) electrons. The van der Waals surface area contributed by atoms with Crippen LogP contribution in [0.4, 0.5) is 5.69 Å². The van der Waals surface area contributed by atoms with Gasteiger partial charge in [-0.2, -0.15) is 0 Å². The number of aliphatic hydroxyl groups is 1. The summed E-state index contributed by atoms with van der Waals surface area (Å²) >= 11 is 12.6. The van der Waals surface area contributed by atoms with E-state index in [1.165, 1.54) is 12.0 Å². The van der Waals surface area contributed by atoms with E-state index in [1.807, 2.05) is 32.0 Å². The van der Waals surface area contributed by atoms with Crippen LogP contribution in [-0.2, 0) is 9.59 Å². The molecule has 4 rings (SSSR count). The Morgan fingerprint density at radius 2 is 1.70 bits per heavy atom. The predicted octanol–water partition coefficient (Wildman–Crippen LogP) is 6.25. The monoisotopic (exact) mass is 481 g/mol. The van der Waals surface area contributed by atoms with Crippen molar-refractivity contribution in [3.63, 3.8) is 0 Å². The molecule has 7 heteroatoms. The second kappa shape index (κ2) is 8.93. The van der Waals surface area contributed by atoms with Crippen molar-refractivity contribution >= 4 is 46.3 Å². The molecule has 168 valence electrons.